The molecule has 226 valence electrons. The summed E-state index contributed by atoms with van der Waals surface area (Å²) in [6.45, 7) is 7.01. The van der Waals surface area contributed by atoms with Crippen LogP contribution in [-0.2, 0) is 27.7 Å². The number of aromatic nitrogens is 2. The van der Waals surface area contributed by atoms with E-state index >= 15 is 0 Å². The van der Waals surface area contributed by atoms with Gasteiger partial charge in [-0.2, -0.15) is 5.10 Å². The van der Waals surface area contributed by atoms with Crippen molar-refractivity contribution >= 4 is 32.8 Å². The first-order valence-corrected chi connectivity index (χ1v) is 15.5. The Balaban J connectivity index is 1.90. The molecule has 1 saturated carbocycles. The van der Waals surface area contributed by atoms with Crippen LogP contribution in [0.2, 0.25) is 0 Å². The summed E-state index contributed by atoms with van der Waals surface area (Å²) in [5.41, 5.74) is 6.54. The minimum atomic E-state index is -4.27. The Morgan fingerprint density at radius 1 is 1.23 bits per heavy atom. The number of rotatable bonds is 10. The van der Waals surface area contributed by atoms with E-state index in [1.165, 1.54) is 43.5 Å². The van der Waals surface area contributed by atoms with Crippen LogP contribution in [0.1, 0.15) is 49.1 Å². The van der Waals surface area contributed by atoms with Crippen LogP contribution in [0.3, 0.4) is 0 Å². The van der Waals surface area contributed by atoms with Crippen LogP contribution in [0.15, 0.2) is 59.0 Å². The molecule has 13 heteroatoms. The van der Waals surface area contributed by atoms with Crippen molar-refractivity contribution < 1.29 is 32.2 Å². The highest BCUT2D eigenvalue weighted by Gasteiger charge is 2.29. The summed E-state index contributed by atoms with van der Waals surface area (Å²) in [6.07, 6.45) is 2.66. The number of thioether (sulfide) groups is 1. The summed E-state index contributed by atoms with van der Waals surface area (Å²) in [5, 5.41) is 30.7. The molecule has 6 N–H and O–H groups in total. The molecule has 0 bridgehead atoms. The summed E-state index contributed by atoms with van der Waals surface area (Å²) in [4.78, 5) is 10.6. The van der Waals surface area contributed by atoms with Crippen molar-refractivity contribution in [3.05, 3.63) is 88.1 Å². The van der Waals surface area contributed by atoms with E-state index in [1.807, 2.05) is 0 Å². The van der Waals surface area contributed by atoms with Gasteiger partial charge in [-0.15, -0.1) is 0 Å². The lowest BCUT2D eigenvalue weighted by Crippen LogP contribution is -2.14. The second-order valence-corrected chi connectivity index (χ2v) is 13.2. The number of sulfonamides is 1. The molecule has 1 aromatic heterocycles. The number of hydrogen-bond donors (Lipinski definition) is 4. The van der Waals surface area contributed by atoms with Crippen LogP contribution in [0, 0.1) is 29.4 Å². The lowest BCUT2D eigenvalue weighted by atomic mass is 9.96. The van der Waals surface area contributed by atoms with E-state index in [-0.39, 0.29) is 17.7 Å². The van der Waals surface area contributed by atoms with Gasteiger partial charge in [0.25, 0.3) is 0 Å². The van der Waals surface area contributed by atoms with E-state index in [4.69, 9.17) is 21.1 Å². The Morgan fingerprint density at radius 3 is 2.51 bits per heavy atom. The van der Waals surface area contributed by atoms with Crippen molar-refractivity contribution in [2.45, 2.75) is 50.0 Å². The number of halogens is 2. The van der Waals surface area contributed by atoms with Gasteiger partial charge >= 0.3 is 5.97 Å². The molecule has 3 aromatic rings. The Morgan fingerprint density at radius 2 is 1.93 bits per heavy atom. The van der Waals surface area contributed by atoms with Gasteiger partial charge in [0, 0.05) is 28.6 Å². The zero-order valence-electron chi connectivity index (χ0n) is 23.4. The fourth-order valence-corrected chi connectivity index (χ4v) is 5.43. The van der Waals surface area contributed by atoms with Crippen LogP contribution >= 0.6 is 11.8 Å². The predicted octanol–water partition coefficient (Wildman–Crippen LogP) is 4.19. The SMILES string of the molecule is C=C(S/C=C(\N)C(=O)O)n1nc(-c2ccc(F)c(C#CC(C)(C)O)c2)c(Cc2ccc(S(N)(=O)=O)c(F)c2)c1CC1CC1. The molecule has 1 fully saturated rings. The van der Waals surface area contributed by atoms with E-state index in [9.17, 15) is 27.1 Å². The van der Waals surface area contributed by atoms with Crippen molar-refractivity contribution in [1.82, 2.24) is 9.78 Å². The lowest BCUT2D eigenvalue weighted by molar-refractivity contribution is -0.132. The lowest BCUT2D eigenvalue weighted by Gasteiger charge is -2.11. The number of nitrogens with zero attached hydrogens (tertiary/aromatic N) is 2. The van der Waals surface area contributed by atoms with Gasteiger partial charge < -0.3 is 15.9 Å². The maximum Gasteiger partial charge on any atom is 0.352 e. The van der Waals surface area contributed by atoms with Gasteiger partial charge in [-0.1, -0.05) is 36.2 Å². The highest BCUT2D eigenvalue weighted by molar-refractivity contribution is 8.10. The number of primary sulfonamides is 1. The van der Waals surface area contributed by atoms with Crippen LogP contribution in [-0.4, -0.2) is 40.0 Å². The van der Waals surface area contributed by atoms with Crippen molar-refractivity contribution in [3.8, 4) is 23.1 Å². The summed E-state index contributed by atoms with van der Waals surface area (Å²) >= 11 is 0.962. The minimum absolute atomic E-state index is 0.0257. The predicted molar refractivity (Wildman–Crippen MR) is 161 cm³/mol. The largest absolute Gasteiger partial charge is 0.477 e. The Kier molecular flexibility index (Phi) is 9.17. The highest BCUT2D eigenvalue weighted by atomic mass is 32.2. The van der Waals surface area contributed by atoms with E-state index in [2.05, 4.69) is 18.4 Å². The average molecular weight is 629 g/mol. The van der Waals surface area contributed by atoms with E-state index in [0.29, 0.717) is 39.8 Å². The fraction of sp³-hybridized carbons (Fsp3) is 0.267. The van der Waals surface area contributed by atoms with Crippen molar-refractivity contribution in [2.75, 3.05) is 0 Å². The number of benzene rings is 2. The second kappa shape index (κ2) is 12.3. The van der Waals surface area contributed by atoms with Gasteiger partial charge in [-0.25, -0.2) is 31.8 Å². The molecule has 0 unspecified atom stereocenters. The van der Waals surface area contributed by atoms with Crippen molar-refractivity contribution in [1.29, 1.82) is 0 Å². The number of aliphatic hydroxyl groups is 1. The first kappa shape index (κ1) is 32.0. The second-order valence-electron chi connectivity index (χ2n) is 10.7. The molecule has 0 amide bonds. The van der Waals surface area contributed by atoms with Crippen molar-refractivity contribution in [3.63, 3.8) is 0 Å². The van der Waals surface area contributed by atoms with Crippen LogP contribution in [0.25, 0.3) is 16.3 Å². The normalized spacial score (nSPS) is 13.9. The highest BCUT2D eigenvalue weighted by Crippen LogP contribution is 2.39. The molecule has 0 aliphatic heterocycles. The van der Waals surface area contributed by atoms with Gasteiger partial charge in [-0.05, 0) is 74.9 Å². The standard InChI is InChI=1S/C30H30F2N4O5S2/c1-17(42-16-25(33)29(37)38)36-26(14-18-4-5-18)22(12-19-6-9-27(24(32)13-19)43(34,40)41)28(35-36)21-7-8-23(31)20(15-21)10-11-30(2,3)39/h6-9,13,15-16,18,39H,1,4-5,12,14,33H2,2-3H3,(H,37,38)(H2,34,40,41)/b25-16-. The van der Waals surface area contributed by atoms with Gasteiger partial charge in [0.1, 0.15) is 27.8 Å². The third kappa shape index (κ3) is 8.11. The Bertz CT molecular complexity index is 1810. The summed E-state index contributed by atoms with van der Waals surface area (Å²) in [7, 11) is -4.27. The number of nitrogens with two attached hydrogens (primary N) is 2. The van der Waals surface area contributed by atoms with Crippen LogP contribution < -0.4 is 10.9 Å². The third-order valence-corrected chi connectivity index (χ3v) is 8.26. The van der Waals surface area contributed by atoms with Gasteiger partial charge in [0.05, 0.1) is 16.3 Å². The fourth-order valence-electron chi connectivity index (χ4n) is 4.22. The molecular weight excluding hydrogens is 598 g/mol. The zero-order chi connectivity index (χ0) is 31.7. The Hall–Kier alpha value is -3.96. The maximum atomic E-state index is 14.8. The summed E-state index contributed by atoms with van der Waals surface area (Å²) in [5.74, 6) is 2.71. The molecule has 1 aliphatic carbocycles. The maximum absolute atomic E-state index is 14.8. The van der Waals surface area contributed by atoms with Crippen molar-refractivity contribution in [2.24, 2.45) is 16.8 Å². The third-order valence-electron chi connectivity index (χ3n) is 6.50. The van der Waals surface area contributed by atoms with Gasteiger partial charge in [0.15, 0.2) is 0 Å². The van der Waals surface area contributed by atoms with E-state index < -0.39 is 38.1 Å². The first-order valence-electron chi connectivity index (χ1n) is 13.1. The molecule has 0 radical (unpaired) electrons. The molecule has 0 atom stereocenters. The number of carboxylic acids is 1. The molecule has 0 saturated heterocycles. The molecule has 2 aromatic carbocycles. The smallest absolute Gasteiger partial charge is 0.352 e. The van der Waals surface area contributed by atoms with Gasteiger partial charge in [0.2, 0.25) is 10.0 Å². The molecule has 1 aliphatic rings. The first-order chi connectivity index (χ1) is 20.0. The quantitative estimate of drug-likeness (QED) is 0.192. The Labute approximate surface area is 252 Å². The summed E-state index contributed by atoms with van der Waals surface area (Å²) < 4.78 is 54.6. The molecule has 0 spiro atoms. The molecule has 1 heterocycles. The minimum Gasteiger partial charge on any atom is -0.477 e. The zero-order valence-corrected chi connectivity index (χ0v) is 25.0. The monoisotopic (exact) mass is 628 g/mol. The van der Waals surface area contributed by atoms with E-state index in [0.717, 1.165) is 42.4 Å². The molecule has 4 rings (SSSR count). The van der Waals surface area contributed by atoms with Gasteiger partial charge in [-0.3, -0.25) is 0 Å². The number of aliphatic carboxylic acids is 1. The number of carbonyl (C=O) groups is 1. The van der Waals surface area contributed by atoms with Crippen LogP contribution in [0.5, 0.6) is 0 Å². The topological polar surface area (TPSA) is 162 Å². The molecule has 9 nitrogen and oxygen atoms in total. The summed E-state index contributed by atoms with van der Waals surface area (Å²) in [6, 6.07) is 7.88. The molecular formula is C30H30F2N4O5S2. The number of carboxylic acid groups (broad SMARTS) is 1. The molecule has 43 heavy (non-hydrogen) atoms. The van der Waals surface area contributed by atoms with E-state index in [1.54, 1.807) is 4.68 Å². The number of hydrogen-bond acceptors (Lipinski definition) is 7. The van der Waals surface area contributed by atoms with Crippen LogP contribution in [0.4, 0.5) is 8.78 Å². The average Bonchev–Trinajstić information content (AvgIpc) is 3.66.